The minimum Gasteiger partial charge on any atom is -0.372 e. The highest BCUT2D eigenvalue weighted by Gasteiger charge is 2.40. The molecule has 10 nitrogen and oxygen atoms in total. The lowest BCUT2D eigenvalue weighted by Gasteiger charge is -2.33. The van der Waals surface area contributed by atoms with Gasteiger partial charge in [0.25, 0.3) is 5.91 Å². The fourth-order valence-electron chi connectivity index (χ4n) is 4.31. The van der Waals surface area contributed by atoms with Gasteiger partial charge in [-0.2, -0.15) is 0 Å². The van der Waals surface area contributed by atoms with Gasteiger partial charge in [-0.3, -0.25) is 24.5 Å². The van der Waals surface area contributed by atoms with E-state index in [2.05, 4.69) is 20.5 Å². The Labute approximate surface area is 180 Å². The number of nitrogens with zero attached hydrogens (tertiary/aromatic N) is 3. The van der Waals surface area contributed by atoms with Crippen molar-refractivity contribution in [2.24, 2.45) is 0 Å². The maximum absolute atomic E-state index is 12.9. The monoisotopic (exact) mass is 429 g/mol. The van der Waals surface area contributed by atoms with Crippen LogP contribution in [0.4, 0.5) is 5.82 Å². The summed E-state index contributed by atoms with van der Waals surface area (Å²) in [6, 6.07) is 3.24. The van der Waals surface area contributed by atoms with Crippen LogP contribution in [0.2, 0.25) is 0 Å². The zero-order valence-electron chi connectivity index (χ0n) is 17.6. The van der Waals surface area contributed by atoms with E-state index in [0.29, 0.717) is 25.3 Å². The molecule has 1 unspecified atom stereocenters. The second-order valence-corrected chi connectivity index (χ2v) is 8.04. The van der Waals surface area contributed by atoms with Gasteiger partial charge in [-0.25, -0.2) is 4.98 Å². The summed E-state index contributed by atoms with van der Waals surface area (Å²) in [5, 5.41) is 5.30. The first-order valence-electron chi connectivity index (χ1n) is 10.7. The highest BCUT2D eigenvalue weighted by atomic mass is 16.5. The summed E-state index contributed by atoms with van der Waals surface area (Å²) in [5.41, 5.74) is 1.16. The summed E-state index contributed by atoms with van der Waals surface area (Å²) in [4.78, 5) is 56.6. The van der Waals surface area contributed by atoms with Gasteiger partial charge in [0.1, 0.15) is 24.2 Å². The lowest BCUT2D eigenvalue weighted by molar-refractivity contribution is -0.137. The summed E-state index contributed by atoms with van der Waals surface area (Å²) < 4.78 is 5.13. The smallest absolute Gasteiger partial charge is 0.273 e. The van der Waals surface area contributed by atoms with Crippen molar-refractivity contribution in [3.8, 4) is 0 Å². The molecule has 0 aromatic carbocycles. The highest BCUT2D eigenvalue weighted by molar-refractivity contribution is 6.04. The lowest BCUT2D eigenvalue weighted by atomic mass is 10.0. The first-order chi connectivity index (χ1) is 15.0. The SMILES string of the molecule is CCOCC(=O)NC1CCN(c2ccc3c(n2)C(=O)N(C2CCC(=O)NC2=O)C3)CC1. The van der Waals surface area contributed by atoms with Crippen LogP contribution in [0.25, 0.3) is 0 Å². The molecule has 0 bridgehead atoms. The zero-order chi connectivity index (χ0) is 22.0. The molecule has 4 rings (SSSR count). The van der Waals surface area contributed by atoms with Crippen molar-refractivity contribution in [2.45, 2.75) is 51.2 Å². The molecular weight excluding hydrogens is 402 g/mol. The standard InChI is InChI=1S/C21H27N5O5/c1-2-31-12-18(28)22-14-7-9-25(10-8-14)16-5-3-13-11-26(21(30)19(13)23-16)15-4-6-17(27)24-20(15)29/h3,5,14-15H,2,4,6-12H2,1H3,(H,22,28)(H,24,27,29). The van der Waals surface area contributed by atoms with E-state index in [9.17, 15) is 19.2 Å². The Morgan fingerprint density at radius 3 is 2.71 bits per heavy atom. The second-order valence-electron chi connectivity index (χ2n) is 8.04. The van der Waals surface area contributed by atoms with Crippen LogP contribution in [0, 0.1) is 0 Å². The maximum Gasteiger partial charge on any atom is 0.273 e. The molecule has 0 saturated carbocycles. The highest BCUT2D eigenvalue weighted by Crippen LogP contribution is 2.29. The van der Waals surface area contributed by atoms with Gasteiger partial charge in [-0.1, -0.05) is 6.07 Å². The molecule has 4 heterocycles. The predicted octanol–water partition coefficient (Wildman–Crippen LogP) is -0.0359. The van der Waals surface area contributed by atoms with Gasteiger partial charge in [0.2, 0.25) is 17.7 Å². The Morgan fingerprint density at radius 2 is 2.00 bits per heavy atom. The Hall–Kier alpha value is -3.01. The quantitative estimate of drug-likeness (QED) is 0.609. The molecule has 2 N–H and O–H groups in total. The Bertz CT molecular complexity index is 896. The Balaban J connectivity index is 1.37. The van der Waals surface area contributed by atoms with Crippen LogP contribution < -0.4 is 15.5 Å². The molecule has 1 aromatic heterocycles. The number of carbonyl (C=O) groups is 4. The van der Waals surface area contributed by atoms with E-state index in [0.717, 1.165) is 37.3 Å². The first kappa shape index (κ1) is 21.2. The van der Waals surface area contributed by atoms with Gasteiger partial charge >= 0.3 is 0 Å². The minimum atomic E-state index is -0.640. The molecule has 3 aliphatic rings. The van der Waals surface area contributed by atoms with E-state index in [1.165, 1.54) is 4.90 Å². The first-order valence-corrected chi connectivity index (χ1v) is 10.7. The van der Waals surface area contributed by atoms with Gasteiger partial charge < -0.3 is 19.9 Å². The number of fused-ring (bicyclic) bond motifs is 1. The number of nitrogens with one attached hydrogen (secondary N) is 2. The molecule has 0 spiro atoms. The van der Waals surface area contributed by atoms with Crippen LogP contribution in [-0.2, 0) is 25.7 Å². The van der Waals surface area contributed by atoms with E-state index >= 15 is 0 Å². The van der Waals surface area contributed by atoms with Crippen molar-refractivity contribution >= 4 is 29.4 Å². The number of aromatic nitrogens is 1. The second kappa shape index (κ2) is 9.01. The van der Waals surface area contributed by atoms with Crippen LogP contribution in [0.15, 0.2) is 12.1 Å². The number of ether oxygens (including phenoxy) is 1. The van der Waals surface area contributed by atoms with Crippen molar-refractivity contribution in [1.29, 1.82) is 0 Å². The van der Waals surface area contributed by atoms with Gasteiger partial charge in [-0.05, 0) is 32.3 Å². The molecule has 3 aliphatic heterocycles. The zero-order valence-corrected chi connectivity index (χ0v) is 17.6. The summed E-state index contributed by atoms with van der Waals surface area (Å²) in [6.07, 6.45) is 2.13. The van der Waals surface area contributed by atoms with E-state index in [4.69, 9.17) is 4.74 Å². The third kappa shape index (κ3) is 4.53. The molecular formula is C21H27N5O5. The molecule has 1 aromatic rings. The number of pyridine rings is 1. The normalized spacial score (nSPS) is 21.8. The van der Waals surface area contributed by atoms with E-state index < -0.39 is 11.9 Å². The van der Waals surface area contributed by atoms with Crippen molar-refractivity contribution < 1.29 is 23.9 Å². The van der Waals surface area contributed by atoms with Gasteiger partial charge in [0.05, 0.1) is 0 Å². The average Bonchev–Trinajstić information content (AvgIpc) is 3.08. The minimum absolute atomic E-state index is 0.0783. The third-order valence-electron chi connectivity index (χ3n) is 5.98. The van der Waals surface area contributed by atoms with Crippen molar-refractivity contribution in [3.05, 3.63) is 23.4 Å². The molecule has 0 radical (unpaired) electrons. The van der Waals surface area contributed by atoms with Crippen LogP contribution in [0.5, 0.6) is 0 Å². The maximum atomic E-state index is 12.9. The molecule has 2 fully saturated rings. The van der Waals surface area contributed by atoms with Gasteiger partial charge in [0.15, 0.2) is 0 Å². The molecule has 166 valence electrons. The molecule has 0 aliphatic carbocycles. The van der Waals surface area contributed by atoms with E-state index in [1.807, 2.05) is 19.1 Å². The van der Waals surface area contributed by atoms with Crippen LogP contribution in [0.1, 0.15) is 48.7 Å². The summed E-state index contributed by atoms with van der Waals surface area (Å²) in [5.74, 6) is -0.384. The number of rotatable bonds is 6. The predicted molar refractivity (Wildman–Crippen MR) is 110 cm³/mol. The Kier molecular flexibility index (Phi) is 6.17. The number of amides is 4. The largest absolute Gasteiger partial charge is 0.372 e. The summed E-state index contributed by atoms with van der Waals surface area (Å²) in [6.45, 7) is 4.20. The van der Waals surface area contributed by atoms with Crippen LogP contribution >= 0.6 is 0 Å². The molecule has 10 heteroatoms. The molecule has 1 atom stereocenters. The van der Waals surface area contributed by atoms with Crippen molar-refractivity contribution in [1.82, 2.24) is 20.5 Å². The number of anilines is 1. The summed E-state index contributed by atoms with van der Waals surface area (Å²) in [7, 11) is 0. The molecule has 4 amide bonds. The van der Waals surface area contributed by atoms with Crippen LogP contribution in [-0.4, -0.2) is 71.9 Å². The molecule has 31 heavy (non-hydrogen) atoms. The van der Waals surface area contributed by atoms with Gasteiger partial charge in [-0.15, -0.1) is 0 Å². The molecule has 2 saturated heterocycles. The fraction of sp³-hybridized carbons (Fsp3) is 0.571. The Morgan fingerprint density at radius 1 is 1.23 bits per heavy atom. The summed E-state index contributed by atoms with van der Waals surface area (Å²) >= 11 is 0. The van der Waals surface area contributed by atoms with E-state index in [-0.39, 0.29) is 36.8 Å². The van der Waals surface area contributed by atoms with Crippen molar-refractivity contribution in [3.63, 3.8) is 0 Å². The van der Waals surface area contributed by atoms with Crippen molar-refractivity contribution in [2.75, 3.05) is 31.2 Å². The number of carbonyl (C=O) groups excluding carboxylic acids is 4. The van der Waals surface area contributed by atoms with Gasteiger partial charge in [0, 0.05) is 44.3 Å². The van der Waals surface area contributed by atoms with E-state index in [1.54, 1.807) is 0 Å². The number of hydrogen-bond donors (Lipinski definition) is 2. The fourth-order valence-corrected chi connectivity index (χ4v) is 4.31. The number of hydrogen-bond acceptors (Lipinski definition) is 7. The number of piperidine rings is 2. The lowest BCUT2D eigenvalue weighted by Crippen LogP contribution is -2.52. The van der Waals surface area contributed by atoms with Crippen LogP contribution in [0.3, 0.4) is 0 Å². The topological polar surface area (TPSA) is 121 Å². The number of imide groups is 1. The average molecular weight is 429 g/mol. The third-order valence-corrected chi connectivity index (χ3v) is 5.98.